The lowest BCUT2D eigenvalue weighted by atomic mass is 10.1. The number of aryl methyl sites for hydroxylation is 1. The molecule has 4 nitrogen and oxygen atoms in total. The van der Waals surface area contributed by atoms with Crippen molar-refractivity contribution in [3.63, 3.8) is 0 Å². The maximum Gasteiger partial charge on any atom is 0.241 e. The molecule has 0 heterocycles. The van der Waals surface area contributed by atoms with Crippen LogP contribution in [0.25, 0.3) is 0 Å². The molecule has 0 bridgehead atoms. The lowest BCUT2D eigenvalue weighted by Crippen LogP contribution is -2.36. The molecule has 1 rings (SSSR count). The van der Waals surface area contributed by atoms with Gasteiger partial charge in [0.2, 0.25) is 11.8 Å². The molecule has 0 aliphatic carbocycles. The molecule has 1 aromatic carbocycles. The van der Waals surface area contributed by atoms with E-state index in [-0.39, 0.29) is 18.4 Å². The minimum Gasteiger partial charge on any atom is -0.347 e. The third kappa shape index (κ3) is 4.75. The van der Waals surface area contributed by atoms with Crippen LogP contribution in [0, 0.1) is 0 Å². The number of carbonyl (C=O) groups is 2. The summed E-state index contributed by atoms with van der Waals surface area (Å²) in [6.07, 6.45) is 0.895. The van der Waals surface area contributed by atoms with E-state index in [9.17, 15) is 9.59 Å². The second-order valence-corrected chi connectivity index (χ2v) is 4.56. The minimum absolute atomic E-state index is 0.0361. The highest BCUT2D eigenvalue weighted by Crippen LogP contribution is 2.16. The number of hydrogen-bond donors (Lipinski definition) is 1. The number of nitrogens with one attached hydrogen (secondary N) is 1. The zero-order valence-electron chi connectivity index (χ0n) is 10.6. The molecule has 0 saturated carbocycles. The first-order valence-electron chi connectivity index (χ1n) is 5.71. The number of rotatable bonds is 5. The molecule has 0 saturated heterocycles. The van der Waals surface area contributed by atoms with Crippen molar-refractivity contribution in [2.45, 2.75) is 12.8 Å². The van der Waals surface area contributed by atoms with Gasteiger partial charge in [-0.25, -0.2) is 0 Å². The Balaban J connectivity index is 2.34. The molecule has 18 heavy (non-hydrogen) atoms. The minimum atomic E-state index is -0.148. The third-order valence-electron chi connectivity index (χ3n) is 2.51. The average molecular weight is 269 g/mol. The van der Waals surface area contributed by atoms with Crippen molar-refractivity contribution in [3.8, 4) is 0 Å². The van der Waals surface area contributed by atoms with Gasteiger partial charge in [-0.1, -0.05) is 29.8 Å². The molecule has 5 heteroatoms. The molecule has 98 valence electrons. The van der Waals surface area contributed by atoms with E-state index in [1.807, 2.05) is 18.2 Å². The van der Waals surface area contributed by atoms with Crippen molar-refractivity contribution in [3.05, 3.63) is 34.9 Å². The number of nitrogens with zero attached hydrogens (tertiary/aromatic N) is 1. The van der Waals surface area contributed by atoms with Gasteiger partial charge in [-0.15, -0.1) is 0 Å². The van der Waals surface area contributed by atoms with Gasteiger partial charge < -0.3 is 10.2 Å². The smallest absolute Gasteiger partial charge is 0.241 e. The van der Waals surface area contributed by atoms with Gasteiger partial charge in [0.1, 0.15) is 0 Å². The lowest BCUT2D eigenvalue weighted by Gasteiger charge is -2.11. The summed E-state index contributed by atoms with van der Waals surface area (Å²) in [5.74, 6) is -0.272. The maximum atomic E-state index is 11.5. The zero-order valence-corrected chi connectivity index (χ0v) is 11.3. The summed E-state index contributed by atoms with van der Waals surface area (Å²) in [6, 6.07) is 7.42. The van der Waals surface area contributed by atoms with Crippen molar-refractivity contribution >= 4 is 23.4 Å². The van der Waals surface area contributed by atoms with Gasteiger partial charge >= 0.3 is 0 Å². The highest BCUT2D eigenvalue weighted by atomic mass is 35.5. The Morgan fingerprint density at radius 1 is 1.28 bits per heavy atom. The summed E-state index contributed by atoms with van der Waals surface area (Å²) < 4.78 is 0. The molecular weight excluding hydrogens is 252 g/mol. The quantitative estimate of drug-likeness (QED) is 0.879. The van der Waals surface area contributed by atoms with Crippen molar-refractivity contribution < 1.29 is 9.59 Å². The number of likely N-dealkylation sites (N-methyl/N-ethyl adjacent to an activating group) is 1. The average Bonchev–Trinajstić information content (AvgIpc) is 2.34. The Hall–Kier alpha value is -1.55. The van der Waals surface area contributed by atoms with Crippen molar-refractivity contribution in [1.29, 1.82) is 0 Å². The number of carbonyl (C=O) groups excluding carboxylic acids is 2. The summed E-state index contributed by atoms with van der Waals surface area (Å²) in [6.45, 7) is 0.0361. The van der Waals surface area contributed by atoms with Crippen LogP contribution >= 0.6 is 11.6 Å². The van der Waals surface area contributed by atoms with Gasteiger partial charge in [0.25, 0.3) is 0 Å². The molecule has 0 unspecified atom stereocenters. The van der Waals surface area contributed by atoms with Gasteiger partial charge in [-0.2, -0.15) is 0 Å². The molecule has 0 aliphatic heterocycles. The van der Waals surface area contributed by atoms with E-state index >= 15 is 0 Å². The highest BCUT2D eigenvalue weighted by Gasteiger charge is 2.08. The lowest BCUT2D eigenvalue weighted by molar-refractivity contribution is -0.130. The second kappa shape index (κ2) is 7.01. The number of amides is 2. The summed E-state index contributed by atoms with van der Waals surface area (Å²) in [7, 11) is 3.30. The van der Waals surface area contributed by atoms with Gasteiger partial charge in [0, 0.05) is 25.5 Å². The van der Waals surface area contributed by atoms with Crippen LogP contribution in [0.15, 0.2) is 24.3 Å². The van der Waals surface area contributed by atoms with Crippen LogP contribution in [0.5, 0.6) is 0 Å². The van der Waals surface area contributed by atoms with Crippen molar-refractivity contribution in [1.82, 2.24) is 10.2 Å². The van der Waals surface area contributed by atoms with Gasteiger partial charge in [0.05, 0.1) is 6.54 Å². The predicted octanol–water partition coefficient (Wildman–Crippen LogP) is 1.48. The topological polar surface area (TPSA) is 49.4 Å². The summed E-state index contributed by atoms with van der Waals surface area (Å²) in [5, 5.41) is 3.24. The largest absolute Gasteiger partial charge is 0.347 e. The van der Waals surface area contributed by atoms with E-state index < -0.39 is 0 Å². The Labute approximate surface area is 112 Å². The Kier molecular flexibility index (Phi) is 5.65. The molecular formula is C13H17ClN2O2. The monoisotopic (exact) mass is 268 g/mol. The van der Waals surface area contributed by atoms with Crippen molar-refractivity contribution in [2.75, 3.05) is 20.6 Å². The first kappa shape index (κ1) is 14.5. The van der Waals surface area contributed by atoms with Gasteiger partial charge in [-0.05, 0) is 18.1 Å². The molecule has 0 spiro atoms. The SMILES string of the molecule is CN(C)C(=O)CNC(=O)CCc1ccccc1Cl. The van der Waals surface area contributed by atoms with Gasteiger partial charge in [-0.3, -0.25) is 9.59 Å². The molecule has 0 aliphatic rings. The van der Waals surface area contributed by atoms with Crippen LogP contribution in [0.4, 0.5) is 0 Å². The van der Waals surface area contributed by atoms with Gasteiger partial charge in [0.15, 0.2) is 0 Å². The number of benzene rings is 1. The van der Waals surface area contributed by atoms with E-state index in [1.54, 1.807) is 20.2 Å². The molecule has 0 radical (unpaired) electrons. The fraction of sp³-hybridized carbons (Fsp3) is 0.385. The Morgan fingerprint density at radius 2 is 1.94 bits per heavy atom. The van der Waals surface area contributed by atoms with Crippen LogP contribution in [-0.4, -0.2) is 37.4 Å². The Bertz CT molecular complexity index is 433. The van der Waals surface area contributed by atoms with Crippen LogP contribution in [0.3, 0.4) is 0 Å². The molecule has 1 aromatic rings. The molecule has 1 N–H and O–H groups in total. The molecule has 0 fully saturated rings. The van der Waals surface area contributed by atoms with Crippen LogP contribution < -0.4 is 5.32 Å². The summed E-state index contributed by atoms with van der Waals surface area (Å²) in [5.41, 5.74) is 0.938. The summed E-state index contributed by atoms with van der Waals surface area (Å²) >= 11 is 5.98. The first-order chi connectivity index (χ1) is 8.50. The van der Waals surface area contributed by atoms with E-state index in [0.717, 1.165) is 5.56 Å². The van der Waals surface area contributed by atoms with Crippen molar-refractivity contribution in [2.24, 2.45) is 0 Å². The summed E-state index contributed by atoms with van der Waals surface area (Å²) in [4.78, 5) is 24.2. The fourth-order valence-corrected chi connectivity index (χ4v) is 1.60. The van der Waals surface area contributed by atoms with Crippen LogP contribution in [-0.2, 0) is 16.0 Å². The Morgan fingerprint density at radius 3 is 2.56 bits per heavy atom. The normalized spacial score (nSPS) is 9.94. The fourth-order valence-electron chi connectivity index (χ4n) is 1.37. The predicted molar refractivity (Wildman–Crippen MR) is 71.5 cm³/mol. The molecule has 0 atom stereocenters. The van der Waals surface area contributed by atoms with Crippen LogP contribution in [0.2, 0.25) is 5.02 Å². The van der Waals surface area contributed by atoms with E-state index in [0.29, 0.717) is 17.9 Å². The second-order valence-electron chi connectivity index (χ2n) is 4.16. The maximum absolute atomic E-state index is 11.5. The van der Waals surface area contributed by atoms with E-state index in [4.69, 9.17) is 11.6 Å². The first-order valence-corrected chi connectivity index (χ1v) is 6.08. The third-order valence-corrected chi connectivity index (χ3v) is 2.88. The molecule has 0 aromatic heterocycles. The van der Waals surface area contributed by atoms with E-state index in [1.165, 1.54) is 4.90 Å². The highest BCUT2D eigenvalue weighted by molar-refractivity contribution is 6.31. The number of halogens is 1. The zero-order chi connectivity index (χ0) is 13.5. The van der Waals surface area contributed by atoms with Crippen LogP contribution in [0.1, 0.15) is 12.0 Å². The van der Waals surface area contributed by atoms with E-state index in [2.05, 4.69) is 5.32 Å². The number of hydrogen-bond acceptors (Lipinski definition) is 2. The standard InChI is InChI=1S/C13H17ClN2O2/c1-16(2)13(18)9-15-12(17)8-7-10-5-3-4-6-11(10)14/h3-6H,7-9H2,1-2H3,(H,15,17). The molecule has 2 amide bonds.